The van der Waals surface area contributed by atoms with Crippen LogP contribution in [0, 0.1) is 6.92 Å². The molecule has 2 aromatic rings. The Morgan fingerprint density at radius 1 is 1.23 bits per heavy atom. The van der Waals surface area contributed by atoms with Crippen molar-refractivity contribution < 1.29 is 46.5 Å². The lowest BCUT2D eigenvalue weighted by molar-refractivity contribution is -0.684. The maximum absolute atomic E-state index is 12.6. The quantitative estimate of drug-likeness (QED) is 0.546. The molecule has 0 bridgehead atoms. The summed E-state index contributed by atoms with van der Waals surface area (Å²) in [5, 5.41) is 2.46. The highest BCUT2D eigenvalue weighted by molar-refractivity contribution is 5.89. The van der Waals surface area contributed by atoms with Gasteiger partial charge in [-0.15, -0.1) is 0 Å². The first-order chi connectivity index (χ1) is 9.84. The number of alkyl halides is 3. The molecule has 0 fully saturated rings. The van der Waals surface area contributed by atoms with Crippen molar-refractivity contribution in [1.82, 2.24) is 0 Å². The van der Waals surface area contributed by atoms with Gasteiger partial charge in [-0.25, -0.2) is 0 Å². The average Bonchev–Trinajstić information content (AvgIpc) is 2.37. The third-order valence-electron chi connectivity index (χ3n) is 2.81. The number of nitrogens with zero attached hydrogens (tertiary/aromatic N) is 1. The Labute approximate surface area is 143 Å². The van der Waals surface area contributed by atoms with Crippen molar-refractivity contribution in [2.24, 2.45) is 0 Å². The molecule has 22 heavy (non-hydrogen) atoms. The van der Waals surface area contributed by atoms with Gasteiger partial charge in [0.2, 0.25) is 6.54 Å². The number of aryl methyl sites for hydroxylation is 1. The fourth-order valence-electron chi connectivity index (χ4n) is 1.89. The van der Waals surface area contributed by atoms with Crippen LogP contribution >= 0.6 is 0 Å². The van der Waals surface area contributed by atoms with Crippen LogP contribution in [0.4, 0.5) is 18.9 Å². The van der Waals surface area contributed by atoms with Crippen molar-refractivity contribution in [3.05, 3.63) is 59.9 Å². The molecule has 118 valence electrons. The number of carbonyl (C=O) groups is 1. The maximum Gasteiger partial charge on any atom is 0.416 e. The fraction of sp³-hybridized carbons (Fsp3) is 0.200. The number of amides is 1. The molecular weight excluding hydrogens is 408 g/mol. The number of nitrogens with one attached hydrogen (secondary N) is 1. The molecule has 1 amide bonds. The summed E-state index contributed by atoms with van der Waals surface area (Å²) < 4.78 is 39.4. The number of benzene rings is 1. The van der Waals surface area contributed by atoms with Crippen LogP contribution in [0.15, 0.2) is 48.8 Å². The zero-order valence-electron chi connectivity index (χ0n) is 11.7. The molecule has 3 nitrogen and oxygen atoms in total. The molecule has 1 aromatic carbocycles. The molecule has 0 aliphatic rings. The SMILES string of the molecule is Cc1ccc[n+](CC(=O)Nc2cccc(C(F)(F)F)c2)c1.[I-]. The second-order valence-corrected chi connectivity index (χ2v) is 4.68. The topological polar surface area (TPSA) is 33.0 Å². The van der Waals surface area contributed by atoms with Crippen LogP contribution in [0.25, 0.3) is 0 Å². The molecule has 2 rings (SSSR count). The Bertz CT molecular complexity index is 659. The lowest BCUT2D eigenvalue weighted by Crippen LogP contribution is -3.00. The van der Waals surface area contributed by atoms with E-state index in [4.69, 9.17) is 0 Å². The molecular formula is C15H14F3IN2O. The Balaban J connectivity index is 0.00000242. The van der Waals surface area contributed by atoms with Gasteiger partial charge in [0.1, 0.15) is 0 Å². The van der Waals surface area contributed by atoms with Crippen LogP contribution in [-0.2, 0) is 17.5 Å². The standard InChI is InChI=1S/C15H13F3N2O.HI/c1-11-4-3-7-20(9-11)10-14(21)19-13-6-2-5-12(8-13)15(16,17)18;/h2-9H,10H2,1H3;1H. The summed E-state index contributed by atoms with van der Waals surface area (Å²) in [6.07, 6.45) is -0.920. The summed E-state index contributed by atoms with van der Waals surface area (Å²) in [6.45, 7) is 1.93. The summed E-state index contributed by atoms with van der Waals surface area (Å²) in [7, 11) is 0. The van der Waals surface area contributed by atoms with Crippen molar-refractivity contribution in [2.75, 3.05) is 5.32 Å². The van der Waals surface area contributed by atoms with Gasteiger partial charge in [0.05, 0.1) is 5.56 Å². The summed E-state index contributed by atoms with van der Waals surface area (Å²) in [4.78, 5) is 11.8. The first-order valence-corrected chi connectivity index (χ1v) is 6.27. The van der Waals surface area contributed by atoms with E-state index < -0.39 is 11.7 Å². The van der Waals surface area contributed by atoms with Gasteiger partial charge in [-0.1, -0.05) is 6.07 Å². The van der Waals surface area contributed by atoms with Crippen molar-refractivity contribution in [3.63, 3.8) is 0 Å². The summed E-state index contributed by atoms with van der Waals surface area (Å²) in [6, 6.07) is 8.25. The monoisotopic (exact) mass is 422 g/mol. The summed E-state index contributed by atoms with van der Waals surface area (Å²) in [5.74, 6) is -0.384. The van der Waals surface area contributed by atoms with Crippen molar-refractivity contribution in [3.8, 4) is 0 Å². The molecule has 0 saturated carbocycles. The number of aromatic nitrogens is 1. The molecule has 0 aliphatic heterocycles. The van der Waals surface area contributed by atoms with Gasteiger partial charge < -0.3 is 29.3 Å². The number of hydrogen-bond acceptors (Lipinski definition) is 1. The van der Waals surface area contributed by atoms with Gasteiger partial charge in [0.15, 0.2) is 12.4 Å². The second-order valence-electron chi connectivity index (χ2n) is 4.68. The number of halogens is 4. The van der Waals surface area contributed by atoms with Crippen LogP contribution in [-0.4, -0.2) is 5.91 Å². The number of anilines is 1. The number of rotatable bonds is 3. The first kappa shape index (κ1) is 18.4. The van der Waals surface area contributed by atoms with Gasteiger partial charge in [0, 0.05) is 17.3 Å². The van der Waals surface area contributed by atoms with Gasteiger partial charge >= 0.3 is 6.18 Å². The smallest absolute Gasteiger partial charge is 0.416 e. The highest BCUT2D eigenvalue weighted by Gasteiger charge is 2.30. The van der Waals surface area contributed by atoms with E-state index in [1.807, 2.05) is 13.0 Å². The summed E-state index contributed by atoms with van der Waals surface area (Å²) >= 11 is 0. The van der Waals surface area contributed by atoms with Gasteiger partial charge in [-0.2, -0.15) is 17.7 Å². The first-order valence-electron chi connectivity index (χ1n) is 6.27. The van der Waals surface area contributed by atoms with Crippen molar-refractivity contribution >= 4 is 11.6 Å². The van der Waals surface area contributed by atoms with E-state index in [1.165, 1.54) is 12.1 Å². The van der Waals surface area contributed by atoms with Gasteiger partial charge in [0.25, 0.3) is 5.91 Å². The number of carbonyl (C=O) groups excluding carboxylic acids is 1. The molecule has 0 saturated heterocycles. The van der Waals surface area contributed by atoms with E-state index in [9.17, 15) is 18.0 Å². The molecule has 0 unspecified atom stereocenters. The van der Waals surface area contributed by atoms with E-state index >= 15 is 0 Å². The van der Waals surface area contributed by atoms with Crippen LogP contribution in [0.3, 0.4) is 0 Å². The maximum atomic E-state index is 12.6. The second kappa shape index (κ2) is 7.57. The molecule has 1 N–H and O–H groups in total. The van der Waals surface area contributed by atoms with E-state index in [-0.39, 0.29) is 42.1 Å². The minimum absolute atomic E-state index is 0. The molecule has 0 atom stereocenters. The largest absolute Gasteiger partial charge is 1.00 e. The normalized spacial score (nSPS) is 10.7. The highest BCUT2D eigenvalue weighted by atomic mass is 127. The fourth-order valence-corrected chi connectivity index (χ4v) is 1.89. The van der Waals surface area contributed by atoms with Crippen molar-refractivity contribution in [1.29, 1.82) is 0 Å². The minimum atomic E-state index is -4.42. The zero-order chi connectivity index (χ0) is 15.5. The van der Waals surface area contributed by atoms with Crippen LogP contribution in [0.2, 0.25) is 0 Å². The van der Waals surface area contributed by atoms with Crippen LogP contribution in [0.5, 0.6) is 0 Å². The zero-order valence-corrected chi connectivity index (χ0v) is 13.9. The van der Waals surface area contributed by atoms with Gasteiger partial charge in [-0.05, 0) is 31.2 Å². The molecule has 1 aromatic heterocycles. The number of pyridine rings is 1. The third kappa shape index (κ3) is 5.28. The Morgan fingerprint density at radius 3 is 2.59 bits per heavy atom. The third-order valence-corrected chi connectivity index (χ3v) is 2.81. The average molecular weight is 422 g/mol. The Hall–Kier alpha value is -1.64. The molecule has 1 heterocycles. The van der Waals surface area contributed by atoms with Gasteiger partial charge in [-0.3, -0.25) is 4.79 Å². The van der Waals surface area contributed by atoms with Crippen LogP contribution < -0.4 is 33.9 Å². The van der Waals surface area contributed by atoms with E-state index in [0.29, 0.717) is 0 Å². The number of hydrogen-bond donors (Lipinski definition) is 1. The highest BCUT2D eigenvalue weighted by Crippen LogP contribution is 2.30. The molecule has 7 heteroatoms. The molecule has 0 spiro atoms. The Morgan fingerprint density at radius 2 is 1.95 bits per heavy atom. The molecule has 0 radical (unpaired) electrons. The lowest BCUT2D eigenvalue weighted by atomic mass is 10.2. The predicted octanol–water partition coefficient (Wildman–Crippen LogP) is -0.0560. The molecule has 0 aliphatic carbocycles. The van der Waals surface area contributed by atoms with E-state index in [2.05, 4.69) is 5.32 Å². The van der Waals surface area contributed by atoms with Crippen LogP contribution in [0.1, 0.15) is 11.1 Å². The minimum Gasteiger partial charge on any atom is -1.00 e. The van der Waals surface area contributed by atoms with Crippen molar-refractivity contribution in [2.45, 2.75) is 19.6 Å². The predicted molar refractivity (Wildman–Crippen MR) is 71.4 cm³/mol. The van der Waals surface area contributed by atoms with E-state index in [1.54, 1.807) is 23.0 Å². The summed E-state index contributed by atoms with van der Waals surface area (Å²) in [5.41, 5.74) is 0.330. The Kier molecular flexibility index (Phi) is 6.34. The lowest BCUT2D eigenvalue weighted by Gasteiger charge is -2.09. The van der Waals surface area contributed by atoms with E-state index in [0.717, 1.165) is 17.7 Å².